The zero-order valence-corrected chi connectivity index (χ0v) is 18.0. The first kappa shape index (κ1) is 24.0. The number of nitrogens with one attached hydrogen (secondary N) is 4. The summed E-state index contributed by atoms with van der Waals surface area (Å²) in [5.41, 5.74) is 8.53. The smallest absolute Gasteiger partial charge is 0.345 e. The average Bonchev–Trinajstić information content (AvgIpc) is 2.77. The third-order valence-electron chi connectivity index (χ3n) is 4.33. The van der Waals surface area contributed by atoms with Gasteiger partial charge in [0.15, 0.2) is 5.69 Å². The number of rotatable bonds is 8. The molecule has 8 nitrogen and oxygen atoms in total. The maximum atomic E-state index is 12.9. The summed E-state index contributed by atoms with van der Waals surface area (Å²) in [6.07, 6.45) is -0.00844. The van der Waals surface area contributed by atoms with Gasteiger partial charge in [0.25, 0.3) is 5.91 Å². The Morgan fingerprint density at radius 3 is 2.67 bits per heavy atom. The van der Waals surface area contributed by atoms with Crippen LogP contribution in [-0.2, 0) is 6.18 Å². The molecule has 1 heterocycles. The first-order chi connectivity index (χ1) is 15.7. The summed E-state index contributed by atoms with van der Waals surface area (Å²) >= 11 is 5.77. The standard InChI is InChI=1S/C21H19ClF3N7O/c1-13-5-6-16(30-20(33)14-3-2-4-15(9-14)21(23,24)25)10-17(13)31-32-29-8-7-26-19-11-18(22)27-12-28-19/h2-12,29,31-32H,1H3,(H,30,33)(H,26,27,28)/p+1/b8-7-. The topological polar surface area (TPSA) is 108 Å². The lowest BCUT2D eigenvalue weighted by Crippen LogP contribution is -2.90. The lowest BCUT2D eigenvalue weighted by atomic mass is 10.1. The Bertz CT molecular complexity index is 1150. The van der Waals surface area contributed by atoms with E-state index in [1.54, 1.807) is 42.1 Å². The number of amides is 1. The summed E-state index contributed by atoms with van der Waals surface area (Å²) in [5, 5.41) is 5.84. The van der Waals surface area contributed by atoms with Gasteiger partial charge in [0, 0.05) is 41.3 Å². The Kier molecular flexibility index (Phi) is 7.83. The molecule has 0 radical (unpaired) electrons. The number of halogens is 4. The number of hydrogen-bond donors (Lipinski definition) is 5. The molecule has 0 saturated heterocycles. The van der Waals surface area contributed by atoms with Crippen LogP contribution in [0.15, 0.2) is 67.3 Å². The molecular formula is C21H20ClF3N7O+. The van der Waals surface area contributed by atoms with Gasteiger partial charge in [-0.05, 0) is 31.2 Å². The van der Waals surface area contributed by atoms with Gasteiger partial charge >= 0.3 is 6.18 Å². The van der Waals surface area contributed by atoms with Crippen molar-refractivity contribution >= 4 is 34.7 Å². The van der Waals surface area contributed by atoms with Crippen molar-refractivity contribution in [2.24, 2.45) is 0 Å². The molecule has 0 spiro atoms. The fourth-order valence-electron chi connectivity index (χ4n) is 2.66. The molecule has 2 aromatic carbocycles. The highest BCUT2D eigenvalue weighted by Crippen LogP contribution is 2.29. The summed E-state index contributed by atoms with van der Waals surface area (Å²) in [5.74, 6) is -0.113. The lowest BCUT2D eigenvalue weighted by Gasteiger charge is -2.11. The van der Waals surface area contributed by atoms with E-state index in [1.807, 2.05) is 6.92 Å². The number of carbonyl (C=O) groups is 1. The molecule has 6 N–H and O–H groups in total. The minimum absolute atomic E-state index is 0.0849. The van der Waals surface area contributed by atoms with Crippen molar-refractivity contribution in [1.82, 2.24) is 20.9 Å². The maximum Gasteiger partial charge on any atom is 0.416 e. The number of carbonyl (C=O) groups excluding carboxylic acids is 1. The normalized spacial score (nSPS) is 11.4. The van der Waals surface area contributed by atoms with E-state index < -0.39 is 17.6 Å². The molecule has 172 valence electrons. The highest BCUT2D eigenvalue weighted by Gasteiger charge is 2.30. The minimum atomic E-state index is -4.52. The Labute approximate surface area is 192 Å². The Morgan fingerprint density at radius 1 is 1.09 bits per heavy atom. The molecular weight excluding hydrogens is 459 g/mol. The first-order valence-corrected chi connectivity index (χ1v) is 9.93. The highest BCUT2D eigenvalue weighted by molar-refractivity contribution is 6.29. The number of hydrazine groups is 1. The summed E-state index contributed by atoms with van der Waals surface area (Å²) in [7, 11) is 0. The van der Waals surface area contributed by atoms with Crippen LogP contribution in [0, 0.1) is 6.92 Å². The van der Waals surface area contributed by atoms with Crippen molar-refractivity contribution in [1.29, 1.82) is 0 Å². The molecule has 12 heteroatoms. The van der Waals surface area contributed by atoms with Crippen molar-refractivity contribution in [2.45, 2.75) is 13.1 Å². The van der Waals surface area contributed by atoms with Gasteiger partial charge in [0.2, 0.25) is 0 Å². The SMILES string of the molecule is Cc1ccc(NC(=O)c2cccc(C(F)(F)F)c2)cc1[NH2+]NN/C=C\Nc1cc(Cl)ncn1. The molecule has 1 amide bonds. The molecule has 0 aliphatic carbocycles. The maximum absolute atomic E-state index is 12.9. The monoisotopic (exact) mass is 478 g/mol. The van der Waals surface area contributed by atoms with Gasteiger partial charge in [-0.1, -0.05) is 29.3 Å². The van der Waals surface area contributed by atoms with Crippen molar-refractivity contribution in [3.8, 4) is 0 Å². The molecule has 0 aliphatic rings. The number of nitrogens with zero attached hydrogens (tertiary/aromatic N) is 2. The molecule has 1 aromatic heterocycles. The number of anilines is 2. The van der Waals surface area contributed by atoms with Gasteiger partial charge in [-0.3, -0.25) is 10.2 Å². The van der Waals surface area contributed by atoms with Crippen LogP contribution in [-0.4, -0.2) is 15.9 Å². The molecule has 33 heavy (non-hydrogen) atoms. The molecule has 0 unspecified atom stereocenters. The third-order valence-corrected chi connectivity index (χ3v) is 4.54. The summed E-state index contributed by atoms with van der Waals surface area (Å²) in [6, 6.07) is 11.0. The predicted molar refractivity (Wildman–Crippen MR) is 118 cm³/mol. The van der Waals surface area contributed by atoms with E-state index in [0.29, 0.717) is 16.7 Å². The second-order valence-electron chi connectivity index (χ2n) is 6.74. The van der Waals surface area contributed by atoms with Crippen LogP contribution < -0.4 is 27.0 Å². The molecule has 0 aliphatic heterocycles. The van der Waals surface area contributed by atoms with E-state index in [4.69, 9.17) is 11.6 Å². The number of hydrogen-bond acceptors (Lipinski definition) is 6. The summed E-state index contributed by atoms with van der Waals surface area (Å²) < 4.78 is 38.7. The third kappa shape index (κ3) is 7.17. The first-order valence-electron chi connectivity index (χ1n) is 9.55. The van der Waals surface area contributed by atoms with Crippen LogP contribution in [0.3, 0.4) is 0 Å². The van der Waals surface area contributed by atoms with E-state index in [1.165, 1.54) is 18.5 Å². The second-order valence-corrected chi connectivity index (χ2v) is 7.13. The Morgan fingerprint density at radius 2 is 1.91 bits per heavy atom. The Balaban J connectivity index is 1.55. The van der Waals surface area contributed by atoms with Gasteiger partial charge in [0.1, 0.15) is 17.3 Å². The van der Waals surface area contributed by atoms with Crippen molar-refractivity contribution in [3.05, 3.63) is 89.1 Å². The van der Waals surface area contributed by atoms with Crippen LogP contribution in [0.1, 0.15) is 21.5 Å². The van der Waals surface area contributed by atoms with Crippen LogP contribution in [0.5, 0.6) is 0 Å². The van der Waals surface area contributed by atoms with E-state index >= 15 is 0 Å². The van der Waals surface area contributed by atoms with Gasteiger partial charge in [-0.2, -0.15) is 13.2 Å². The fourth-order valence-corrected chi connectivity index (χ4v) is 2.81. The van der Waals surface area contributed by atoms with E-state index in [0.717, 1.165) is 23.4 Å². The van der Waals surface area contributed by atoms with Crippen LogP contribution >= 0.6 is 11.6 Å². The molecule has 0 fully saturated rings. The largest absolute Gasteiger partial charge is 0.416 e. The van der Waals surface area contributed by atoms with E-state index in [-0.39, 0.29) is 5.56 Å². The molecule has 3 rings (SSSR count). The zero-order chi connectivity index (χ0) is 23.8. The van der Waals surface area contributed by atoms with Crippen LogP contribution in [0.4, 0.5) is 30.4 Å². The summed E-state index contributed by atoms with van der Waals surface area (Å²) in [4.78, 5) is 20.2. The van der Waals surface area contributed by atoms with Crippen molar-refractivity contribution in [2.75, 3.05) is 10.6 Å². The minimum Gasteiger partial charge on any atom is -0.345 e. The van der Waals surface area contributed by atoms with Crippen LogP contribution in [0.2, 0.25) is 5.15 Å². The van der Waals surface area contributed by atoms with Crippen molar-refractivity contribution in [3.63, 3.8) is 0 Å². The predicted octanol–water partition coefficient (Wildman–Crippen LogP) is 3.50. The summed E-state index contributed by atoms with van der Waals surface area (Å²) in [6.45, 7) is 1.88. The fraction of sp³-hybridized carbons (Fsp3) is 0.0952. The van der Waals surface area contributed by atoms with Crippen molar-refractivity contribution < 1.29 is 23.4 Å². The number of aromatic nitrogens is 2. The average molecular weight is 479 g/mol. The number of alkyl halides is 3. The molecule has 0 saturated carbocycles. The number of nitrogens with two attached hydrogens (primary N) is 1. The van der Waals surface area contributed by atoms with E-state index in [9.17, 15) is 18.0 Å². The van der Waals surface area contributed by atoms with Gasteiger partial charge in [-0.15, -0.1) is 0 Å². The Hall–Kier alpha value is -3.67. The number of quaternary nitrogens is 1. The zero-order valence-electron chi connectivity index (χ0n) is 17.2. The molecule has 0 bridgehead atoms. The van der Waals surface area contributed by atoms with Gasteiger partial charge in [-0.25, -0.2) is 15.4 Å². The molecule has 3 aromatic rings. The molecule has 0 atom stereocenters. The highest BCUT2D eigenvalue weighted by atomic mass is 35.5. The second kappa shape index (κ2) is 10.8. The number of aryl methyl sites for hydroxylation is 1. The van der Waals surface area contributed by atoms with Gasteiger partial charge in [0.05, 0.1) is 5.56 Å². The van der Waals surface area contributed by atoms with Crippen LogP contribution in [0.25, 0.3) is 0 Å². The number of benzene rings is 2. The van der Waals surface area contributed by atoms with E-state index in [2.05, 4.69) is 31.6 Å². The quantitative estimate of drug-likeness (QED) is 0.111. The lowest BCUT2D eigenvalue weighted by molar-refractivity contribution is -0.642. The van der Waals surface area contributed by atoms with Gasteiger partial charge < -0.3 is 10.6 Å².